The van der Waals surface area contributed by atoms with Crippen LogP contribution in [-0.2, 0) is 18.6 Å². The normalized spacial score (nSPS) is 13.2. The van der Waals surface area contributed by atoms with Crippen LogP contribution in [0.4, 0.5) is 0 Å². The van der Waals surface area contributed by atoms with E-state index in [9.17, 15) is 9.36 Å². The molecule has 0 spiro atoms. The number of phosphoric acid groups is 1. The number of hydrogen-bond donors (Lipinski definition) is 2. The highest BCUT2D eigenvalue weighted by molar-refractivity contribution is 7.46. The van der Waals surface area contributed by atoms with Crippen LogP contribution in [0.25, 0.3) is 0 Å². The second-order valence-electron chi connectivity index (χ2n) is 3.68. The van der Waals surface area contributed by atoms with Gasteiger partial charge in [-0.1, -0.05) is 13.5 Å². The number of hydrogen-bond acceptors (Lipinski definition) is 4. The maximum absolute atomic E-state index is 11.0. The predicted octanol–water partition coefficient (Wildman–Crippen LogP) is 1.77. The third-order valence-electron chi connectivity index (χ3n) is 1.99. The molecule has 100 valence electrons. The zero-order valence-corrected chi connectivity index (χ0v) is 11.0. The van der Waals surface area contributed by atoms with Crippen LogP contribution in [0.3, 0.4) is 0 Å². The fraction of sp³-hybridized carbons (Fsp3) is 0.700. The lowest BCUT2D eigenvalue weighted by molar-refractivity contribution is -0.139. The lowest BCUT2D eigenvalue weighted by Crippen LogP contribution is -2.13. The molecule has 0 saturated carbocycles. The molecule has 1 atom stereocenters. The molecule has 0 bridgehead atoms. The Hall–Kier alpha value is -0.680. The van der Waals surface area contributed by atoms with Gasteiger partial charge < -0.3 is 14.5 Å². The van der Waals surface area contributed by atoms with Gasteiger partial charge in [0.25, 0.3) is 0 Å². The summed E-state index contributed by atoms with van der Waals surface area (Å²) in [5.41, 5.74) is 0.323. The summed E-state index contributed by atoms with van der Waals surface area (Å²) >= 11 is 0. The highest BCUT2D eigenvalue weighted by Gasteiger charge is 2.20. The molecular weight excluding hydrogens is 247 g/mol. The highest BCUT2D eigenvalue weighted by atomic mass is 31.2. The summed E-state index contributed by atoms with van der Waals surface area (Å²) in [6.07, 6.45) is 0.863. The van der Waals surface area contributed by atoms with Gasteiger partial charge in [0.15, 0.2) is 0 Å². The minimum Gasteiger partial charge on any atom is -0.462 e. The molecule has 2 N–H and O–H groups in total. The van der Waals surface area contributed by atoms with Crippen molar-refractivity contribution < 1.29 is 28.4 Å². The summed E-state index contributed by atoms with van der Waals surface area (Å²) in [5, 5.41) is 0. The number of phosphoric ester groups is 1. The highest BCUT2D eigenvalue weighted by Crippen LogP contribution is 2.39. The Labute approximate surface area is 101 Å². The molecule has 0 heterocycles. The maximum atomic E-state index is 11.0. The van der Waals surface area contributed by atoms with E-state index >= 15 is 0 Å². The summed E-state index contributed by atoms with van der Waals surface area (Å²) in [7, 11) is -4.44. The lowest BCUT2D eigenvalue weighted by Gasteiger charge is -2.16. The van der Waals surface area contributed by atoms with E-state index < -0.39 is 19.9 Å². The van der Waals surface area contributed by atoms with Crippen LogP contribution in [-0.4, -0.2) is 28.5 Å². The van der Waals surface area contributed by atoms with Crippen molar-refractivity contribution in [3.8, 4) is 0 Å². The first-order chi connectivity index (χ1) is 7.76. The van der Waals surface area contributed by atoms with Crippen molar-refractivity contribution in [3.05, 3.63) is 12.2 Å². The number of esters is 1. The Morgan fingerprint density at radius 3 is 2.47 bits per heavy atom. The molecule has 0 saturated heterocycles. The van der Waals surface area contributed by atoms with Crippen LogP contribution in [0.1, 0.15) is 33.1 Å². The molecule has 0 aromatic heterocycles. The monoisotopic (exact) mass is 266 g/mol. The summed E-state index contributed by atoms with van der Waals surface area (Å²) in [4.78, 5) is 28.3. The molecule has 0 aromatic carbocycles. The average Bonchev–Trinajstić information content (AvgIpc) is 2.20. The van der Waals surface area contributed by atoms with Crippen molar-refractivity contribution in [3.63, 3.8) is 0 Å². The Balaban J connectivity index is 3.82. The van der Waals surface area contributed by atoms with Crippen LogP contribution in [0.15, 0.2) is 12.2 Å². The second-order valence-corrected chi connectivity index (χ2v) is 4.88. The lowest BCUT2D eigenvalue weighted by atomic mass is 10.1. The summed E-state index contributed by atoms with van der Waals surface area (Å²) in [6.45, 7) is 6.93. The van der Waals surface area contributed by atoms with E-state index in [0.29, 0.717) is 24.8 Å². The van der Waals surface area contributed by atoms with Crippen LogP contribution in [0, 0.1) is 0 Å². The van der Waals surface area contributed by atoms with E-state index in [0.717, 1.165) is 0 Å². The van der Waals surface area contributed by atoms with Gasteiger partial charge in [0.2, 0.25) is 0 Å². The molecule has 0 radical (unpaired) electrons. The van der Waals surface area contributed by atoms with Gasteiger partial charge in [-0.3, -0.25) is 4.52 Å². The standard InChI is InChI=1S/C10H19O6P/c1-4-9(16-17(12,13)14)6-5-7-15-10(11)8(2)3/h9H,2,4-7H2,1,3H3,(H2,12,13,14). The van der Waals surface area contributed by atoms with Gasteiger partial charge in [0, 0.05) is 5.57 Å². The Morgan fingerprint density at radius 2 is 2.06 bits per heavy atom. The second kappa shape index (κ2) is 7.61. The zero-order valence-electron chi connectivity index (χ0n) is 10.1. The molecule has 0 rings (SSSR count). The fourth-order valence-electron chi connectivity index (χ4n) is 1.12. The van der Waals surface area contributed by atoms with Crippen LogP contribution in [0.2, 0.25) is 0 Å². The molecule has 0 aliphatic carbocycles. The SMILES string of the molecule is C=C(C)C(=O)OCCCC(CC)OP(=O)(O)O. The van der Waals surface area contributed by atoms with Crippen molar-refractivity contribution in [2.24, 2.45) is 0 Å². The van der Waals surface area contributed by atoms with E-state index in [1.165, 1.54) is 0 Å². The van der Waals surface area contributed by atoms with Crippen LogP contribution < -0.4 is 0 Å². The Bertz CT molecular complexity index is 308. The van der Waals surface area contributed by atoms with Crippen LogP contribution in [0.5, 0.6) is 0 Å². The van der Waals surface area contributed by atoms with E-state index in [1.54, 1.807) is 13.8 Å². The van der Waals surface area contributed by atoms with E-state index in [-0.39, 0.29) is 6.61 Å². The van der Waals surface area contributed by atoms with Crippen LogP contribution >= 0.6 is 7.82 Å². The Morgan fingerprint density at radius 1 is 1.47 bits per heavy atom. The van der Waals surface area contributed by atoms with Gasteiger partial charge >= 0.3 is 13.8 Å². The minimum atomic E-state index is -4.44. The third-order valence-corrected chi connectivity index (χ3v) is 2.57. The summed E-state index contributed by atoms with van der Waals surface area (Å²) < 4.78 is 20.0. The van der Waals surface area contributed by atoms with E-state index in [1.807, 2.05) is 0 Å². The minimum absolute atomic E-state index is 0.187. The quantitative estimate of drug-likeness (QED) is 0.301. The molecule has 0 fully saturated rings. The van der Waals surface area contributed by atoms with Gasteiger partial charge in [-0.05, 0) is 26.2 Å². The van der Waals surface area contributed by atoms with E-state index in [2.05, 4.69) is 11.1 Å². The maximum Gasteiger partial charge on any atom is 0.469 e. The van der Waals surface area contributed by atoms with Gasteiger partial charge in [0.1, 0.15) is 0 Å². The molecule has 0 aliphatic rings. The van der Waals surface area contributed by atoms with Crippen molar-refractivity contribution in [2.45, 2.75) is 39.2 Å². The molecule has 6 nitrogen and oxygen atoms in total. The first-order valence-electron chi connectivity index (χ1n) is 5.32. The van der Waals surface area contributed by atoms with Crippen molar-refractivity contribution in [2.75, 3.05) is 6.61 Å². The first kappa shape index (κ1) is 16.3. The molecule has 0 aliphatic heterocycles. The summed E-state index contributed by atoms with van der Waals surface area (Å²) in [6, 6.07) is 0. The predicted molar refractivity (Wildman–Crippen MR) is 62.2 cm³/mol. The smallest absolute Gasteiger partial charge is 0.462 e. The molecular formula is C10H19O6P. The van der Waals surface area contributed by atoms with Gasteiger partial charge in [-0.2, -0.15) is 0 Å². The average molecular weight is 266 g/mol. The summed E-state index contributed by atoms with van der Waals surface area (Å²) in [5.74, 6) is -0.464. The zero-order chi connectivity index (χ0) is 13.5. The van der Waals surface area contributed by atoms with E-state index in [4.69, 9.17) is 14.5 Å². The van der Waals surface area contributed by atoms with Crippen molar-refractivity contribution >= 4 is 13.8 Å². The number of rotatable bonds is 8. The van der Waals surface area contributed by atoms with Crippen molar-refractivity contribution in [1.29, 1.82) is 0 Å². The largest absolute Gasteiger partial charge is 0.469 e. The van der Waals surface area contributed by atoms with Crippen molar-refractivity contribution in [1.82, 2.24) is 0 Å². The number of carbonyl (C=O) groups excluding carboxylic acids is 1. The molecule has 17 heavy (non-hydrogen) atoms. The molecule has 1 unspecified atom stereocenters. The van der Waals surface area contributed by atoms with Gasteiger partial charge in [-0.25, -0.2) is 9.36 Å². The van der Waals surface area contributed by atoms with Gasteiger partial charge in [-0.15, -0.1) is 0 Å². The molecule has 7 heteroatoms. The molecule has 0 amide bonds. The number of ether oxygens (including phenoxy) is 1. The van der Waals surface area contributed by atoms with Gasteiger partial charge in [0.05, 0.1) is 12.7 Å². The number of carbonyl (C=O) groups is 1. The first-order valence-corrected chi connectivity index (χ1v) is 6.86. The topological polar surface area (TPSA) is 93.1 Å². The Kier molecular flexibility index (Phi) is 7.30. The molecule has 0 aromatic rings. The fourth-order valence-corrected chi connectivity index (χ4v) is 1.77. The third kappa shape index (κ3) is 9.06.